The zero-order valence-corrected chi connectivity index (χ0v) is 10.5. The van der Waals surface area contributed by atoms with E-state index < -0.39 is 18.5 Å². The molecule has 0 saturated carbocycles. The zero-order valence-electron chi connectivity index (χ0n) is 10.5. The molecule has 0 saturated heterocycles. The summed E-state index contributed by atoms with van der Waals surface area (Å²) in [5.74, 6) is -1.29. The van der Waals surface area contributed by atoms with Gasteiger partial charge in [0.25, 0.3) is 11.7 Å². The molecule has 0 fully saturated rings. The summed E-state index contributed by atoms with van der Waals surface area (Å²) < 4.78 is 9.76. The average Bonchev–Trinajstić information content (AvgIpc) is 2.84. The summed E-state index contributed by atoms with van der Waals surface area (Å²) in [6.45, 7) is 1.06. The normalized spacial score (nSPS) is 10.1. The van der Waals surface area contributed by atoms with Crippen LogP contribution in [0.1, 0.15) is 16.5 Å². The van der Waals surface area contributed by atoms with Gasteiger partial charge in [0.1, 0.15) is 5.75 Å². The Balaban J connectivity index is 2.12. The lowest BCUT2D eigenvalue weighted by Crippen LogP contribution is -2.16. The molecular weight excluding hydrogens is 266 g/mol. The zero-order chi connectivity index (χ0) is 14.5. The third kappa shape index (κ3) is 3.31. The van der Waals surface area contributed by atoms with E-state index in [1.54, 1.807) is 31.2 Å². The average molecular weight is 277 g/mol. The number of carboxylic acids is 1. The van der Waals surface area contributed by atoms with Crippen LogP contribution in [0.2, 0.25) is 0 Å². The maximum atomic E-state index is 11.8. The molecule has 0 bridgehead atoms. The number of carbonyl (C=O) groups is 2. The lowest BCUT2D eigenvalue weighted by Gasteiger charge is -2.09. The number of nitrogens with zero attached hydrogens (tertiary/aromatic N) is 2. The van der Waals surface area contributed by atoms with E-state index in [4.69, 9.17) is 14.4 Å². The molecule has 0 atom stereocenters. The summed E-state index contributed by atoms with van der Waals surface area (Å²) in [7, 11) is 0. The number of carboxylic acid groups (broad SMARTS) is 1. The third-order valence-corrected chi connectivity index (χ3v) is 2.22. The van der Waals surface area contributed by atoms with Gasteiger partial charge in [0.2, 0.25) is 5.89 Å². The second kappa shape index (κ2) is 5.83. The number of para-hydroxylation sites is 2. The van der Waals surface area contributed by atoms with Crippen LogP contribution < -0.4 is 10.1 Å². The minimum absolute atomic E-state index is 0.115. The summed E-state index contributed by atoms with van der Waals surface area (Å²) in [5, 5.41) is 14.6. The molecule has 2 N–H and O–H groups in total. The van der Waals surface area contributed by atoms with Crippen molar-refractivity contribution in [3.05, 3.63) is 36.0 Å². The van der Waals surface area contributed by atoms with Gasteiger partial charge < -0.3 is 19.7 Å². The molecule has 8 heteroatoms. The van der Waals surface area contributed by atoms with Gasteiger partial charge in [0.15, 0.2) is 6.61 Å². The van der Waals surface area contributed by atoms with Crippen LogP contribution in [-0.2, 0) is 4.79 Å². The summed E-state index contributed by atoms with van der Waals surface area (Å²) in [4.78, 5) is 26.1. The van der Waals surface area contributed by atoms with Crippen molar-refractivity contribution in [3.8, 4) is 5.75 Å². The predicted octanol–water partition coefficient (Wildman–Crippen LogP) is 1.09. The van der Waals surface area contributed by atoms with Gasteiger partial charge in [-0.25, -0.2) is 4.79 Å². The molecule has 1 aromatic heterocycles. The van der Waals surface area contributed by atoms with Gasteiger partial charge in [-0.1, -0.05) is 17.3 Å². The first-order chi connectivity index (χ1) is 9.56. The van der Waals surface area contributed by atoms with E-state index in [0.717, 1.165) is 0 Å². The Kier molecular flexibility index (Phi) is 3.94. The molecule has 0 aliphatic heterocycles. The summed E-state index contributed by atoms with van der Waals surface area (Å²) in [6, 6.07) is 6.44. The van der Waals surface area contributed by atoms with E-state index >= 15 is 0 Å². The largest absolute Gasteiger partial charge is 0.480 e. The molecule has 0 unspecified atom stereocenters. The molecule has 1 aromatic carbocycles. The van der Waals surface area contributed by atoms with Crippen molar-refractivity contribution in [2.24, 2.45) is 0 Å². The van der Waals surface area contributed by atoms with Crippen molar-refractivity contribution < 1.29 is 24.0 Å². The van der Waals surface area contributed by atoms with Gasteiger partial charge in [0.05, 0.1) is 5.69 Å². The Morgan fingerprint density at radius 3 is 2.80 bits per heavy atom. The van der Waals surface area contributed by atoms with Crippen LogP contribution in [0.25, 0.3) is 0 Å². The number of nitrogens with one attached hydrogen (secondary N) is 1. The number of aliphatic carboxylic acids is 1. The van der Waals surface area contributed by atoms with Crippen LogP contribution in [-0.4, -0.2) is 33.7 Å². The van der Waals surface area contributed by atoms with Crippen LogP contribution in [0.5, 0.6) is 5.75 Å². The number of benzene rings is 1. The second-order valence-corrected chi connectivity index (χ2v) is 3.77. The fraction of sp³-hybridized carbons (Fsp3) is 0.167. The fourth-order valence-electron chi connectivity index (χ4n) is 1.40. The number of amides is 1. The topological polar surface area (TPSA) is 115 Å². The monoisotopic (exact) mass is 277 g/mol. The Bertz CT molecular complexity index is 638. The van der Waals surface area contributed by atoms with Gasteiger partial charge in [-0.05, 0) is 12.1 Å². The predicted molar refractivity (Wildman–Crippen MR) is 66.6 cm³/mol. The number of aryl methyl sites for hydroxylation is 1. The lowest BCUT2D eigenvalue weighted by molar-refractivity contribution is -0.139. The first-order valence-electron chi connectivity index (χ1n) is 5.61. The van der Waals surface area contributed by atoms with Gasteiger partial charge >= 0.3 is 5.97 Å². The minimum atomic E-state index is -1.11. The second-order valence-electron chi connectivity index (χ2n) is 3.77. The summed E-state index contributed by atoms with van der Waals surface area (Å²) >= 11 is 0. The van der Waals surface area contributed by atoms with Gasteiger partial charge in [-0.2, -0.15) is 4.98 Å². The quantitative estimate of drug-likeness (QED) is 0.840. The van der Waals surface area contributed by atoms with Crippen molar-refractivity contribution in [1.82, 2.24) is 10.1 Å². The van der Waals surface area contributed by atoms with Crippen molar-refractivity contribution >= 4 is 17.6 Å². The van der Waals surface area contributed by atoms with Crippen LogP contribution in [0.4, 0.5) is 5.69 Å². The number of hydrogen-bond acceptors (Lipinski definition) is 6. The number of anilines is 1. The van der Waals surface area contributed by atoms with E-state index in [2.05, 4.69) is 15.5 Å². The first-order valence-corrected chi connectivity index (χ1v) is 5.61. The van der Waals surface area contributed by atoms with Gasteiger partial charge in [0, 0.05) is 6.92 Å². The number of aromatic nitrogens is 2. The Morgan fingerprint density at radius 1 is 1.40 bits per heavy atom. The van der Waals surface area contributed by atoms with Gasteiger partial charge in [-0.15, -0.1) is 0 Å². The highest BCUT2D eigenvalue weighted by atomic mass is 16.5. The van der Waals surface area contributed by atoms with Crippen molar-refractivity contribution in [2.75, 3.05) is 11.9 Å². The molecular formula is C12H11N3O5. The number of hydrogen-bond donors (Lipinski definition) is 2. The Morgan fingerprint density at radius 2 is 2.15 bits per heavy atom. The lowest BCUT2D eigenvalue weighted by atomic mass is 10.3. The Hall–Kier alpha value is -2.90. The molecule has 0 aliphatic carbocycles. The highest BCUT2D eigenvalue weighted by Crippen LogP contribution is 2.24. The van der Waals surface area contributed by atoms with Gasteiger partial charge in [-0.3, -0.25) is 4.79 Å². The molecule has 2 rings (SSSR count). The fourth-order valence-corrected chi connectivity index (χ4v) is 1.40. The molecule has 104 valence electrons. The minimum Gasteiger partial charge on any atom is -0.480 e. The van der Waals surface area contributed by atoms with Crippen LogP contribution in [0, 0.1) is 6.92 Å². The highest BCUT2D eigenvalue weighted by molar-refractivity contribution is 6.02. The Labute approximate surface area is 113 Å². The molecule has 20 heavy (non-hydrogen) atoms. The van der Waals surface area contributed by atoms with E-state index in [1.165, 1.54) is 0 Å². The third-order valence-electron chi connectivity index (χ3n) is 2.22. The molecule has 1 heterocycles. The van der Waals surface area contributed by atoms with Crippen LogP contribution in [0.3, 0.4) is 0 Å². The molecule has 2 aromatic rings. The number of rotatable bonds is 5. The van der Waals surface area contributed by atoms with Crippen molar-refractivity contribution in [2.45, 2.75) is 6.92 Å². The molecule has 0 aliphatic rings. The number of carbonyl (C=O) groups excluding carboxylic acids is 1. The molecule has 8 nitrogen and oxygen atoms in total. The maximum absolute atomic E-state index is 11.8. The highest BCUT2D eigenvalue weighted by Gasteiger charge is 2.15. The van der Waals surface area contributed by atoms with Crippen molar-refractivity contribution in [1.29, 1.82) is 0 Å². The number of ether oxygens (including phenoxy) is 1. The summed E-state index contributed by atoms with van der Waals surface area (Å²) in [5.41, 5.74) is 0.321. The molecule has 0 radical (unpaired) electrons. The SMILES string of the molecule is Cc1nc(C(=O)Nc2ccccc2OCC(=O)O)no1. The van der Waals surface area contributed by atoms with Crippen LogP contribution in [0.15, 0.2) is 28.8 Å². The van der Waals surface area contributed by atoms with E-state index in [0.29, 0.717) is 5.69 Å². The maximum Gasteiger partial charge on any atom is 0.341 e. The smallest absolute Gasteiger partial charge is 0.341 e. The first kappa shape index (κ1) is 13.5. The van der Waals surface area contributed by atoms with E-state index in [1.807, 2.05) is 0 Å². The van der Waals surface area contributed by atoms with E-state index in [-0.39, 0.29) is 17.5 Å². The standard InChI is InChI=1S/C12H11N3O5/c1-7-13-11(15-20-7)12(18)14-8-4-2-3-5-9(8)19-6-10(16)17/h2-5H,6H2,1H3,(H,14,18)(H,16,17). The molecule has 0 spiro atoms. The van der Waals surface area contributed by atoms with Crippen molar-refractivity contribution in [3.63, 3.8) is 0 Å². The molecule has 1 amide bonds. The summed E-state index contributed by atoms with van der Waals surface area (Å²) in [6.07, 6.45) is 0. The van der Waals surface area contributed by atoms with E-state index in [9.17, 15) is 9.59 Å². The van der Waals surface area contributed by atoms with Crippen LogP contribution >= 0.6 is 0 Å².